The number of carbonyl (C=O) groups excluding carboxylic acids is 1. The molecule has 0 saturated carbocycles. The molecule has 0 atom stereocenters. The van der Waals surface area contributed by atoms with E-state index in [4.69, 9.17) is 4.74 Å². The number of benzene rings is 2. The molecule has 1 heterocycles. The van der Waals surface area contributed by atoms with Gasteiger partial charge in [-0.3, -0.25) is 4.79 Å². The van der Waals surface area contributed by atoms with Gasteiger partial charge in [0, 0.05) is 18.4 Å². The third kappa shape index (κ3) is 4.41. The highest BCUT2D eigenvalue weighted by Crippen LogP contribution is 2.25. The van der Waals surface area contributed by atoms with E-state index in [2.05, 4.69) is 15.3 Å². The van der Waals surface area contributed by atoms with Gasteiger partial charge in [-0.15, -0.1) is 0 Å². The zero-order valence-electron chi connectivity index (χ0n) is 15.6. The van der Waals surface area contributed by atoms with Crippen molar-refractivity contribution in [2.75, 3.05) is 23.9 Å². The third-order valence-electron chi connectivity index (χ3n) is 3.95. The number of anilines is 3. The van der Waals surface area contributed by atoms with E-state index in [0.717, 1.165) is 5.69 Å². The van der Waals surface area contributed by atoms with E-state index in [9.17, 15) is 4.79 Å². The molecule has 0 unspecified atom stereocenters. The summed E-state index contributed by atoms with van der Waals surface area (Å²) in [5, 5.41) is 2.87. The van der Waals surface area contributed by atoms with Gasteiger partial charge in [-0.2, -0.15) is 0 Å². The van der Waals surface area contributed by atoms with Crippen LogP contribution in [0.15, 0.2) is 60.7 Å². The van der Waals surface area contributed by atoms with E-state index >= 15 is 0 Å². The molecule has 0 radical (unpaired) electrons. The molecular weight excluding hydrogens is 340 g/mol. The molecule has 0 fully saturated rings. The predicted octanol–water partition coefficient (Wildman–Crippen LogP) is 4.20. The molecule has 0 spiro atoms. The van der Waals surface area contributed by atoms with Crippen molar-refractivity contribution in [3.8, 4) is 5.75 Å². The molecule has 3 aromatic rings. The van der Waals surface area contributed by atoms with Gasteiger partial charge >= 0.3 is 0 Å². The number of aromatic nitrogens is 2. The summed E-state index contributed by atoms with van der Waals surface area (Å²) in [6.07, 6.45) is 0. The Labute approximate surface area is 158 Å². The van der Waals surface area contributed by atoms with E-state index in [-0.39, 0.29) is 5.91 Å². The van der Waals surface area contributed by atoms with Crippen LogP contribution in [-0.4, -0.2) is 29.5 Å². The fourth-order valence-corrected chi connectivity index (χ4v) is 2.62. The number of amides is 1. The van der Waals surface area contributed by atoms with Crippen molar-refractivity contribution in [2.24, 2.45) is 0 Å². The normalized spacial score (nSPS) is 10.3. The second-order valence-corrected chi connectivity index (χ2v) is 5.97. The quantitative estimate of drug-likeness (QED) is 0.712. The summed E-state index contributed by atoms with van der Waals surface area (Å²) in [5.41, 5.74) is 2.56. The molecular formula is C21H22N4O2. The molecule has 0 saturated heterocycles. The molecule has 1 amide bonds. The molecule has 0 aliphatic rings. The average molecular weight is 362 g/mol. The minimum Gasteiger partial charge on any atom is -0.492 e. The molecule has 3 rings (SSSR count). The highest BCUT2D eigenvalue weighted by Gasteiger charge is 2.15. The summed E-state index contributed by atoms with van der Waals surface area (Å²) < 4.78 is 5.56. The number of para-hydroxylation sites is 3. The van der Waals surface area contributed by atoms with E-state index in [1.807, 2.05) is 74.3 Å². The molecule has 0 aliphatic heterocycles. The second kappa shape index (κ2) is 8.31. The lowest BCUT2D eigenvalue weighted by Gasteiger charge is -2.18. The largest absolute Gasteiger partial charge is 0.492 e. The summed E-state index contributed by atoms with van der Waals surface area (Å²) in [5.74, 6) is 0.778. The molecule has 27 heavy (non-hydrogen) atoms. The van der Waals surface area contributed by atoms with Crippen molar-refractivity contribution in [1.29, 1.82) is 0 Å². The lowest BCUT2D eigenvalue weighted by Crippen LogP contribution is -2.19. The van der Waals surface area contributed by atoms with Gasteiger partial charge in [-0.1, -0.05) is 30.3 Å². The summed E-state index contributed by atoms with van der Waals surface area (Å²) in [6, 6.07) is 18.8. The standard InChI is InChI=1S/C21H22N4O2/c1-4-27-19-13-9-8-12-17(19)23-20(26)18-14-15(2)22-21(24-18)25(3)16-10-6-5-7-11-16/h5-14H,4H2,1-3H3,(H,23,26). The summed E-state index contributed by atoms with van der Waals surface area (Å²) in [7, 11) is 1.87. The van der Waals surface area contributed by atoms with Crippen molar-refractivity contribution >= 4 is 23.2 Å². The number of rotatable bonds is 6. The molecule has 1 aromatic heterocycles. The van der Waals surface area contributed by atoms with Crippen molar-refractivity contribution in [3.63, 3.8) is 0 Å². The Morgan fingerprint density at radius 1 is 1.07 bits per heavy atom. The number of nitrogens with one attached hydrogen (secondary N) is 1. The molecule has 138 valence electrons. The average Bonchev–Trinajstić information content (AvgIpc) is 2.69. The fraction of sp³-hybridized carbons (Fsp3) is 0.190. The van der Waals surface area contributed by atoms with Gasteiger partial charge in [0.05, 0.1) is 12.3 Å². The summed E-state index contributed by atoms with van der Waals surface area (Å²) >= 11 is 0. The van der Waals surface area contributed by atoms with Gasteiger partial charge in [-0.25, -0.2) is 9.97 Å². The van der Waals surface area contributed by atoms with Crippen molar-refractivity contribution in [3.05, 3.63) is 72.1 Å². The van der Waals surface area contributed by atoms with Crippen molar-refractivity contribution in [1.82, 2.24) is 9.97 Å². The number of nitrogens with zero attached hydrogens (tertiary/aromatic N) is 3. The smallest absolute Gasteiger partial charge is 0.274 e. The Kier molecular flexibility index (Phi) is 5.66. The van der Waals surface area contributed by atoms with Gasteiger partial charge in [-0.05, 0) is 44.2 Å². The molecule has 2 aromatic carbocycles. The lowest BCUT2D eigenvalue weighted by atomic mass is 10.2. The summed E-state index contributed by atoms with van der Waals surface area (Å²) in [4.78, 5) is 23.5. The van der Waals surface area contributed by atoms with Gasteiger partial charge in [0.25, 0.3) is 5.91 Å². The summed E-state index contributed by atoms with van der Waals surface area (Å²) in [6.45, 7) is 4.26. The maximum Gasteiger partial charge on any atom is 0.274 e. The minimum absolute atomic E-state index is 0.298. The Morgan fingerprint density at radius 2 is 1.78 bits per heavy atom. The van der Waals surface area contributed by atoms with Gasteiger partial charge in [0.1, 0.15) is 11.4 Å². The van der Waals surface area contributed by atoms with Crippen LogP contribution in [-0.2, 0) is 0 Å². The first kappa shape index (κ1) is 18.4. The van der Waals surface area contributed by atoms with Crippen LogP contribution in [0.5, 0.6) is 5.75 Å². The van der Waals surface area contributed by atoms with Crippen LogP contribution in [0.2, 0.25) is 0 Å². The highest BCUT2D eigenvalue weighted by molar-refractivity contribution is 6.04. The Hall–Kier alpha value is -3.41. The molecule has 0 aliphatic carbocycles. The van der Waals surface area contributed by atoms with E-state index in [1.165, 1.54) is 0 Å². The first-order chi connectivity index (χ1) is 13.1. The topological polar surface area (TPSA) is 67.3 Å². The van der Waals surface area contributed by atoms with Crippen LogP contribution in [0.1, 0.15) is 23.1 Å². The first-order valence-corrected chi connectivity index (χ1v) is 8.76. The Balaban J connectivity index is 1.87. The van der Waals surface area contributed by atoms with Crippen LogP contribution in [0.3, 0.4) is 0 Å². The SMILES string of the molecule is CCOc1ccccc1NC(=O)c1cc(C)nc(N(C)c2ccccc2)n1. The van der Waals surface area contributed by atoms with E-state index < -0.39 is 0 Å². The third-order valence-corrected chi connectivity index (χ3v) is 3.95. The fourth-order valence-electron chi connectivity index (χ4n) is 2.62. The van der Waals surface area contributed by atoms with Crippen molar-refractivity contribution < 1.29 is 9.53 Å². The van der Waals surface area contributed by atoms with Crippen LogP contribution in [0.4, 0.5) is 17.3 Å². The lowest BCUT2D eigenvalue weighted by molar-refractivity contribution is 0.102. The minimum atomic E-state index is -0.310. The van der Waals surface area contributed by atoms with Gasteiger partial charge in [0.15, 0.2) is 0 Å². The maximum atomic E-state index is 12.8. The van der Waals surface area contributed by atoms with Crippen LogP contribution >= 0.6 is 0 Å². The number of hydrogen-bond donors (Lipinski definition) is 1. The van der Waals surface area contributed by atoms with Crippen LogP contribution in [0.25, 0.3) is 0 Å². The second-order valence-electron chi connectivity index (χ2n) is 5.97. The van der Waals surface area contributed by atoms with Crippen molar-refractivity contribution in [2.45, 2.75) is 13.8 Å². The number of ether oxygens (including phenoxy) is 1. The van der Waals surface area contributed by atoms with Gasteiger partial charge in [0.2, 0.25) is 5.95 Å². The maximum absolute atomic E-state index is 12.8. The molecule has 0 bridgehead atoms. The highest BCUT2D eigenvalue weighted by atomic mass is 16.5. The Bertz CT molecular complexity index is 928. The predicted molar refractivity (Wildman–Crippen MR) is 107 cm³/mol. The number of hydrogen-bond acceptors (Lipinski definition) is 5. The zero-order chi connectivity index (χ0) is 19.2. The molecule has 6 heteroatoms. The van der Waals surface area contributed by atoms with Crippen LogP contribution in [0, 0.1) is 6.92 Å². The molecule has 6 nitrogen and oxygen atoms in total. The van der Waals surface area contributed by atoms with E-state index in [0.29, 0.717) is 35.4 Å². The number of aryl methyl sites for hydroxylation is 1. The van der Waals surface area contributed by atoms with E-state index in [1.54, 1.807) is 12.1 Å². The molecule has 1 N–H and O–H groups in total. The van der Waals surface area contributed by atoms with Gasteiger partial charge < -0.3 is 15.0 Å². The number of carbonyl (C=O) groups is 1. The monoisotopic (exact) mass is 362 g/mol. The zero-order valence-corrected chi connectivity index (χ0v) is 15.6. The van der Waals surface area contributed by atoms with Crippen LogP contribution < -0.4 is 15.0 Å². The Morgan fingerprint density at radius 3 is 2.52 bits per heavy atom. The first-order valence-electron chi connectivity index (χ1n) is 8.76.